The highest BCUT2D eigenvalue weighted by molar-refractivity contribution is 5.81. The second-order valence-corrected chi connectivity index (χ2v) is 4.27. The first-order valence-electron chi connectivity index (χ1n) is 5.28. The standard InChI is InChI=1S/C10H20N2O2/c1-2-3-8(11)9(14)12-6-10(7-13)4-5-10/h8,13H,2-7,11H2,1H3,(H,12,14)/t8-/m0/s1. The van der Waals surface area contributed by atoms with Crippen LogP contribution in [0.3, 0.4) is 0 Å². The van der Waals surface area contributed by atoms with Crippen LogP contribution in [0.25, 0.3) is 0 Å². The summed E-state index contributed by atoms with van der Waals surface area (Å²) in [6.07, 6.45) is 3.65. The van der Waals surface area contributed by atoms with E-state index < -0.39 is 6.04 Å². The van der Waals surface area contributed by atoms with E-state index >= 15 is 0 Å². The molecule has 4 heteroatoms. The molecule has 0 spiro atoms. The number of carbonyl (C=O) groups excluding carboxylic acids is 1. The van der Waals surface area contributed by atoms with Gasteiger partial charge in [-0.05, 0) is 19.3 Å². The van der Waals surface area contributed by atoms with E-state index in [4.69, 9.17) is 10.8 Å². The van der Waals surface area contributed by atoms with Crippen molar-refractivity contribution in [1.82, 2.24) is 5.32 Å². The Balaban J connectivity index is 2.20. The summed E-state index contributed by atoms with van der Waals surface area (Å²) in [6, 6.07) is -0.394. The van der Waals surface area contributed by atoms with Crippen LogP contribution >= 0.6 is 0 Å². The third kappa shape index (κ3) is 2.96. The van der Waals surface area contributed by atoms with Crippen molar-refractivity contribution in [3.8, 4) is 0 Å². The highest BCUT2D eigenvalue weighted by Crippen LogP contribution is 2.44. The van der Waals surface area contributed by atoms with Crippen LogP contribution in [0.2, 0.25) is 0 Å². The van der Waals surface area contributed by atoms with E-state index in [-0.39, 0.29) is 17.9 Å². The zero-order valence-electron chi connectivity index (χ0n) is 8.75. The quantitative estimate of drug-likeness (QED) is 0.565. The summed E-state index contributed by atoms with van der Waals surface area (Å²) in [5, 5.41) is 11.8. The molecule has 0 saturated heterocycles. The number of nitrogens with one attached hydrogen (secondary N) is 1. The van der Waals surface area contributed by atoms with Gasteiger partial charge in [0.2, 0.25) is 5.91 Å². The average Bonchev–Trinajstić information content (AvgIpc) is 2.95. The van der Waals surface area contributed by atoms with Crippen molar-refractivity contribution in [1.29, 1.82) is 0 Å². The van der Waals surface area contributed by atoms with Crippen LogP contribution in [0.15, 0.2) is 0 Å². The zero-order chi connectivity index (χ0) is 10.6. The highest BCUT2D eigenvalue weighted by atomic mass is 16.3. The average molecular weight is 200 g/mol. The molecule has 4 N–H and O–H groups in total. The van der Waals surface area contributed by atoms with Crippen LogP contribution in [0.4, 0.5) is 0 Å². The first-order valence-corrected chi connectivity index (χ1v) is 5.28. The number of rotatable bonds is 6. The van der Waals surface area contributed by atoms with Crippen molar-refractivity contribution in [3.05, 3.63) is 0 Å². The largest absolute Gasteiger partial charge is 0.396 e. The van der Waals surface area contributed by atoms with E-state index in [1.165, 1.54) is 0 Å². The van der Waals surface area contributed by atoms with Gasteiger partial charge in [-0.1, -0.05) is 13.3 Å². The molecule has 14 heavy (non-hydrogen) atoms. The summed E-state index contributed by atoms with van der Waals surface area (Å²) in [7, 11) is 0. The lowest BCUT2D eigenvalue weighted by atomic mass is 10.1. The third-order valence-electron chi connectivity index (χ3n) is 2.87. The molecule has 1 aliphatic carbocycles. The predicted molar refractivity (Wildman–Crippen MR) is 54.6 cm³/mol. The molecule has 0 unspecified atom stereocenters. The van der Waals surface area contributed by atoms with Gasteiger partial charge in [0.1, 0.15) is 0 Å². The fourth-order valence-electron chi connectivity index (χ4n) is 1.42. The lowest BCUT2D eigenvalue weighted by molar-refractivity contribution is -0.122. The van der Waals surface area contributed by atoms with Crippen molar-refractivity contribution in [2.24, 2.45) is 11.1 Å². The van der Waals surface area contributed by atoms with Crippen LogP contribution in [-0.4, -0.2) is 30.2 Å². The van der Waals surface area contributed by atoms with Gasteiger partial charge in [-0.25, -0.2) is 0 Å². The topological polar surface area (TPSA) is 75.4 Å². The van der Waals surface area contributed by atoms with E-state index in [9.17, 15) is 4.79 Å². The summed E-state index contributed by atoms with van der Waals surface area (Å²) in [4.78, 5) is 11.4. The molecule has 1 atom stereocenters. The summed E-state index contributed by atoms with van der Waals surface area (Å²) >= 11 is 0. The Labute approximate surface area is 84.9 Å². The summed E-state index contributed by atoms with van der Waals surface area (Å²) in [5.41, 5.74) is 5.62. The van der Waals surface area contributed by atoms with Crippen molar-refractivity contribution in [3.63, 3.8) is 0 Å². The molecule has 1 fully saturated rings. The van der Waals surface area contributed by atoms with Crippen LogP contribution < -0.4 is 11.1 Å². The predicted octanol–water partition coefficient (Wildman–Crippen LogP) is 0.00250. The number of aliphatic hydroxyl groups excluding tert-OH is 1. The minimum absolute atomic E-state index is 0.0262. The minimum atomic E-state index is -0.394. The number of hydrogen-bond donors (Lipinski definition) is 3. The van der Waals surface area contributed by atoms with E-state index in [1.54, 1.807) is 0 Å². The Morgan fingerprint density at radius 1 is 1.64 bits per heavy atom. The summed E-state index contributed by atoms with van der Waals surface area (Å²) < 4.78 is 0. The van der Waals surface area contributed by atoms with Gasteiger partial charge < -0.3 is 16.2 Å². The second kappa shape index (κ2) is 4.75. The molecule has 82 valence electrons. The maximum Gasteiger partial charge on any atom is 0.236 e. The fraction of sp³-hybridized carbons (Fsp3) is 0.900. The monoisotopic (exact) mass is 200 g/mol. The molecule has 0 aromatic heterocycles. The van der Waals surface area contributed by atoms with Gasteiger partial charge in [0.25, 0.3) is 0 Å². The van der Waals surface area contributed by atoms with E-state index in [0.717, 1.165) is 25.7 Å². The molecular formula is C10H20N2O2. The Morgan fingerprint density at radius 3 is 2.71 bits per heavy atom. The molecule has 4 nitrogen and oxygen atoms in total. The van der Waals surface area contributed by atoms with Gasteiger partial charge in [-0.3, -0.25) is 4.79 Å². The molecule has 1 rings (SSSR count). The normalized spacial score (nSPS) is 20.2. The minimum Gasteiger partial charge on any atom is -0.396 e. The number of hydrogen-bond acceptors (Lipinski definition) is 3. The molecular weight excluding hydrogens is 180 g/mol. The lowest BCUT2D eigenvalue weighted by Crippen LogP contribution is -2.43. The lowest BCUT2D eigenvalue weighted by Gasteiger charge is -2.15. The maximum atomic E-state index is 11.4. The molecule has 0 aliphatic heterocycles. The van der Waals surface area contributed by atoms with Crippen molar-refractivity contribution in [2.75, 3.05) is 13.2 Å². The van der Waals surface area contributed by atoms with Gasteiger partial charge in [-0.15, -0.1) is 0 Å². The zero-order valence-corrected chi connectivity index (χ0v) is 8.75. The molecule has 1 amide bonds. The van der Waals surface area contributed by atoms with Crippen LogP contribution in [-0.2, 0) is 4.79 Å². The van der Waals surface area contributed by atoms with Crippen LogP contribution in [0, 0.1) is 5.41 Å². The third-order valence-corrected chi connectivity index (χ3v) is 2.87. The molecule has 0 aromatic rings. The Bertz CT molecular complexity index is 202. The Hall–Kier alpha value is -0.610. The Kier molecular flexibility index (Phi) is 3.89. The number of carbonyl (C=O) groups is 1. The highest BCUT2D eigenvalue weighted by Gasteiger charge is 2.42. The van der Waals surface area contributed by atoms with Gasteiger partial charge in [-0.2, -0.15) is 0 Å². The van der Waals surface area contributed by atoms with Gasteiger partial charge >= 0.3 is 0 Å². The number of amides is 1. The molecule has 0 aromatic carbocycles. The van der Waals surface area contributed by atoms with Crippen molar-refractivity contribution >= 4 is 5.91 Å². The molecule has 1 saturated carbocycles. The number of aliphatic hydroxyl groups is 1. The van der Waals surface area contributed by atoms with E-state index in [0.29, 0.717) is 6.54 Å². The van der Waals surface area contributed by atoms with Gasteiger partial charge in [0.05, 0.1) is 12.6 Å². The van der Waals surface area contributed by atoms with Crippen LogP contribution in [0.1, 0.15) is 32.6 Å². The molecule has 1 aliphatic rings. The molecule has 0 bridgehead atoms. The van der Waals surface area contributed by atoms with Crippen molar-refractivity contribution in [2.45, 2.75) is 38.6 Å². The summed E-state index contributed by atoms with van der Waals surface area (Å²) in [5.74, 6) is -0.0911. The van der Waals surface area contributed by atoms with Gasteiger partial charge in [0.15, 0.2) is 0 Å². The van der Waals surface area contributed by atoms with E-state index in [1.807, 2.05) is 6.92 Å². The Morgan fingerprint density at radius 2 is 2.29 bits per heavy atom. The van der Waals surface area contributed by atoms with Gasteiger partial charge in [0, 0.05) is 12.0 Å². The van der Waals surface area contributed by atoms with Crippen LogP contribution in [0.5, 0.6) is 0 Å². The first-order chi connectivity index (χ1) is 6.63. The number of nitrogens with two attached hydrogens (primary N) is 1. The molecule has 0 radical (unpaired) electrons. The maximum absolute atomic E-state index is 11.4. The molecule has 0 heterocycles. The second-order valence-electron chi connectivity index (χ2n) is 4.27. The SMILES string of the molecule is CCC[C@H](N)C(=O)NCC1(CO)CC1. The first kappa shape index (κ1) is 11.5. The van der Waals surface area contributed by atoms with Crippen molar-refractivity contribution < 1.29 is 9.90 Å². The summed E-state index contributed by atoms with van der Waals surface area (Å²) in [6.45, 7) is 2.74. The smallest absolute Gasteiger partial charge is 0.236 e. The van der Waals surface area contributed by atoms with E-state index in [2.05, 4.69) is 5.32 Å². The fourth-order valence-corrected chi connectivity index (χ4v) is 1.42.